The van der Waals surface area contributed by atoms with E-state index in [1.54, 1.807) is 30.3 Å². The van der Waals surface area contributed by atoms with E-state index in [2.05, 4.69) is 18.0 Å². The molecule has 33 heavy (non-hydrogen) atoms. The fourth-order valence-corrected chi connectivity index (χ4v) is 3.56. The molecule has 3 aromatic rings. The predicted octanol–water partition coefficient (Wildman–Crippen LogP) is 7.16. The Labute approximate surface area is 203 Å². The van der Waals surface area contributed by atoms with Crippen LogP contribution < -0.4 is 10.1 Å². The molecule has 0 fully saturated rings. The van der Waals surface area contributed by atoms with E-state index in [1.165, 1.54) is 11.6 Å². The Hall–Kier alpha value is -3.52. The van der Waals surface area contributed by atoms with Gasteiger partial charge in [-0.3, -0.25) is 4.79 Å². The van der Waals surface area contributed by atoms with Crippen LogP contribution in [-0.4, -0.2) is 5.91 Å². The van der Waals surface area contributed by atoms with E-state index in [-0.39, 0.29) is 10.6 Å². The Morgan fingerprint density at radius 1 is 1.15 bits per heavy atom. The summed E-state index contributed by atoms with van der Waals surface area (Å²) >= 11 is 12.1. The summed E-state index contributed by atoms with van der Waals surface area (Å²) in [6.45, 7) is 6.29. The summed E-state index contributed by atoms with van der Waals surface area (Å²) in [5, 5.41) is 12.7. The number of carbonyl (C=O) groups is 1. The lowest BCUT2D eigenvalue weighted by atomic mass is 10.0. The molecule has 1 amide bonds. The van der Waals surface area contributed by atoms with E-state index in [9.17, 15) is 10.1 Å². The summed E-state index contributed by atoms with van der Waals surface area (Å²) in [6.07, 6.45) is 3.88. The summed E-state index contributed by atoms with van der Waals surface area (Å²) in [7, 11) is 0. The number of amides is 1. The highest BCUT2D eigenvalue weighted by molar-refractivity contribution is 6.44. The van der Waals surface area contributed by atoms with Crippen LogP contribution in [0.1, 0.15) is 22.3 Å². The van der Waals surface area contributed by atoms with Gasteiger partial charge in [-0.05, 0) is 60.4 Å². The summed E-state index contributed by atoms with van der Waals surface area (Å²) in [6, 6.07) is 20.5. The third kappa shape index (κ3) is 6.49. The maximum Gasteiger partial charge on any atom is 0.266 e. The second-order valence-electron chi connectivity index (χ2n) is 7.36. The quantitative estimate of drug-likeness (QED) is 0.213. The number of rotatable bonds is 8. The van der Waals surface area contributed by atoms with Crippen LogP contribution in [-0.2, 0) is 17.8 Å². The van der Waals surface area contributed by atoms with Crippen LogP contribution in [0.5, 0.6) is 5.75 Å². The topological polar surface area (TPSA) is 62.1 Å². The lowest BCUT2D eigenvalue weighted by Crippen LogP contribution is -2.13. The van der Waals surface area contributed by atoms with Crippen LogP contribution >= 0.6 is 23.2 Å². The zero-order chi connectivity index (χ0) is 23.8. The second-order valence-corrected chi connectivity index (χ2v) is 8.15. The van der Waals surface area contributed by atoms with Crippen LogP contribution in [0.25, 0.3) is 6.08 Å². The summed E-state index contributed by atoms with van der Waals surface area (Å²) in [5.74, 6) is 0.147. The van der Waals surface area contributed by atoms with Gasteiger partial charge in [-0.2, -0.15) is 5.26 Å². The first kappa shape index (κ1) is 24.1. The van der Waals surface area contributed by atoms with Crippen LogP contribution in [0.2, 0.25) is 10.0 Å². The van der Waals surface area contributed by atoms with E-state index in [0.717, 1.165) is 16.9 Å². The molecule has 0 spiro atoms. The molecule has 166 valence electrons. The number of nitrogens with one attached hydrogen (secondary N) is 1. The molecular weight excluding hydrogens is 455 g/mol. The van der Waals surface area contributed by atoms with Gasteiger partial charge in [-0.15, -0.1) is 6.58 Å². The van der Waals surface area contributed by atoms with E-state index in [1.807, 2.05) is 43.3 Å². The van der Waals surface area contributed by atoms with E-state index in [0.29, 0.717) is 29.3 Å². The molecule has 0 heterocycles. The maximum absolute atomic E-state index is 12.6. The Kier molecular flexibility index (Phi) is 8.32. The maximum atomic E-state index is 12.6. The molecule has 0 unspecified atom stereocenters. The molecule has 0 aliphatic rings. The van der Waals surface area contributed by atoms with Crippen molar-refractivity contribution in [2.24, 2.45) is 0 Å². The van der Waals surface area contributed by atoms with Gasteiger partial charge in [-0.25, -0.2) is 0 Å². The first-order valence-corrected chi connectivity index (χ1v) is 11.0. The molecule has 0 aliphatic carbocycles. The number of anilines is 1. The van der Waals surface area contributed by atoms with Crippen molar-refractivity contribution in [2.75, 3.05) is 5.32 Å². The molecule has 0 aromatic heterocycles. The molecule has 3 rings (SSSR count). The number of hydrogen-bond acceptors (Lipinski definition) is 3. The van der Waals surface area contributed by atoms with Crippen molar-refractivity contribution in [3.63, 3.8) is 0 Å². The Morgan fingerprint density at radius 2 is 1.94 bits per heavy atom. The van der Waals surface area contributed by atoms with Gasteiger partial charge in [0.25, 0.3) is 5.91 Å². The first-order chi connectivity index (χ1) is 15.9. The highest BCUT2D eigenvalue weighted by Crippen LogP contribution is 2.30. The van der Waals surface area contributed by atoms with Gasteiger partial charge >= 0.3 is 0 Å². The number of nitriles is 1. The number of hydrogen-bond donors (Lipinski definition) is 1. The highest BCUT2D eigenvalue weighted by atomic mass is 35.5. The van der Waals surface area contributed by atoms with Crippen LogP contribution in [0, 0.1) is 18.3 Å². The zero-order valence-electron chi connectivity index (χ0n) is 18.1. The van der Waals surface area contributed by atoms with Crippen molar-refractivity contribution in [3.8, 4) is 11.8 Å². The molecule has 1 N–H and O–H groups in total. The predicted molar refractivity (Wildman–Crippen MR) is 135 cm³/mol. The number of ether oxygens (including phenoxy) is 1. The van der Waals surface area contributed by atoms with E-state index < -0.39 is 5.91 Å². The van der Waals surface area contributed by atoms with Crippen molar-refractivity contribution in [1.82, 2.24) is 0 Å². The molecule has 0 saturated heterocycles. The Morgan fingerprint density at radius 3 is 2.67 bits per heavy atom. The van der Waals surface area contributed by atoms with Crippen molar-refractivity contribution < 1.29 is 9.53 Å². The largest absolute Gasteiger partial charge is 0.489 e. The molecule has 0 saturated carbocycles. The molecule has 4 nitrogen and oxygen atoms in total. The molecular formula is C27H22Cl2N2O2. The Balaban J connectivity index is 1.81. The number of aryl methyl sites for hydroxylation is 1. The average Bonchev–Trinajstić information content (AvgIpc) is 2.80. The molecule has 0 aliphatic heterocycles. The average molecular weight is 477 g/mol. The van der Waals surface area contributed by atoms with Crippen molar-refractivity contribution in [1.29, 1.82) is 5.26 Å². The van der Waals surface area contributed by atoms with E-state index in [4.69, 9.17) is 27.9 Å². The molecule has 0 bridgehead atoms. The Bertz CT molecular complexity index is 1260. The lowest BCUT2D eigenvalue weighted by Gasteiger charge is -2.12. The molecule has 0 atom stereocenters. The number of allylic oxidation sites excluding steroid dienone is 1. The summed E-state index contributed by atoms with van der Waals surface area (Å²) in [4.78, 5) is 12.6. The number of halogens is 2. The minimum Gasteiger partial charge on any atom is -0.489 e. The number of carbonyl (C=O) groups excluding carboxylic acids is 1. The minimum absolute atomic E-state index is 0.0657. The van der Waals surface area contributed by atoms with Gasteiger partial charge in [-0.1, -0.05) is 71.2 Å². The first-order valence-electron chi connectivity index (χ1n) is 10.2. The number of benzene rings is 3. The zero-order valence-corrected chi connectivity index (χ0v) is 19.6. The van der Waals surface area contributed by atoms with Gasteiger partial charge in [0, 0.05) is 0 Å². The summed E-state index contributed by atoms with van der Waals surface area (Å²) in [5.41, 5.74) is 4.11. The normalized spacial score (nSPS) is 10.9. The molecule has 6 heteroatoms. The smallest absolute Gasteiger partial charge is 0.266 e. The number of nitrogens with zero attached hydrogens (tertiary/aromatic N) is 1. The SMILES string of the molecule is C=CCc1cc(/C=C(/C#N)C(=O)Nc2cccc(Cl)c2Cl)ccc1OCc1cccc(C)c1. The van der Waals surface area contributed by atoms with Crippen LogP contribution in [0.15, 0.2) is 78.9 Å². The minimum atomic E-state index is -0.577. The highest BCUT2D eigenvalue weighted by Gasteiger charge is 2.13. The standard InChI is InChI=1S/C27H22Cl2N2O2/c1-3-6-21-14-19(11-12-25(21)33-17-20-8-4-7-18(2)13-20)15-22(16-30)27(32)31-24-10-5-9-23(28)26(24)29/h3-5,7-15H,1,6,17H2,2H3,(H,31,32)/b22-15-. The molecule has 3 aromatic carbocycles. The third-order valence-corrected chi connectivity index (χ3v) is 5.62. The van der Waals surface area contributed by atoms with Crippen molar-refractivity contribution >= 4 is 40.9 Å². The van der Waals surface area contributed by atoms with E-state index >= 15 is 0 Å². The fourth-order valence-electron chi connectivity index (χ4n) is 3.21. The monoisotopic (exact) mass is 476 g/mol. The fraction of sp³-hybridized carbons (Fsp3) is 0.111. The van der Waals surface area contributed by atoms with Gasteiger partial charge in [0.15, 0.2) is 0 Å². The van der Waals surface area contributed by atoms with Crippen LogP contribution in [0.3, 0.4) is 0 Å². The van der Waals surface area contributed by atoms with Gasteiger partial charge < -0.3 is 10.1 Å². The second kappa shape index (κ2) is 11.4. The third-order valence-electron chi connectivity index (χ3n) is 4.80. The van der Waals surface area contributed by atoms with Gasteiger partial charge in [0.05, 0.1) is 15.7 Å². The van der Waals surface area contributed by atoms with Crippen LogP contribution in [0.4, 0.5) is 5.69 Å². The van der Waals surface area contributed by atoms with Gasteiger partial charge in [0.1, 0.15) is 24.0 Å². The van der Waals surface area contributed by atoms with Crippen molar-refractivity contribution in [3.05, 3.63) is 111 Å². The summed E-state index contributed by atoms with van der Waals surface area (Å²) < 4.78 is 6.03. The van der Waals surface area contributed by atoms with Gasteiger partial charge in [0.2, 0.25) is 0 Å². The van der Waals surface area contributed by atoms with Crippen molar-refractivity contribution in [2.45, 2.75) is 20.0 Å². The molecule has 0 radical (unpaired) electrons. The lowest BCUT2D eigenvalue weighted by molar-refractivity contribution is -0.112.